The van der Waals surface area contributed by atoms with Gasteiger partial charge in [0, 0.05) is 27.1 Å². The van der Waals surface area contributed by atoms with E-state index in [2.05, 4.69) is 78.9 Å². The molecule has 0 aliphatic carbocycles. The van der Waals surface area contributed by atoms with Crippen molar-refractivity contribution in [3.63, 3.8) is 0 Å². The molecule has 4 nitrogen and oxygen atoms in total. The summed E-state index contributed by atoms with van der Waals surface area (Å²) < 4.78 is 51.9. The van der Waals surface area contributed by atoms with Crippen LogP contribution in [0.4, 0.5) is 13.2 Å². The van der Waals surface area contributed by atoms with Crippen molar-refractivity contribution < 1.29 is 13.2 Å². The number of benzene rings is 10. The van der Waals surface area contributed by atoms with Crippen LogP contribution < -0.4 is 0 Å². The molecule has 0 saturated heterocycles. The molecule has 0 saturated carbocycles. The van der Waals surface area contributed by atoms with Gasteiger partial charge < -0.3 is 9.13 Å². The lowest BCUT2D eigenvalue weighted by Gasteiger charge is -2.23. The molecule has 0 N–H and O–H groups in total. The molecule has 10 aromatic carbocycles. The molecule has 70 heavy (non-hydrogen) atoms. The Bertz CT molecular complexity index is 3690. The van der Waals surface area contributed by atoms with E-state index in [0.717, 1.165) is 94.2 Å². The van der Waals surface area contributed by atoms with Crippen LogP contribution in [0.25, 0.3) is 111 Å². The van der Waals surface area contributed by atoms with Crippen molar-refractivity contribution in [2.45, 2.75) is 6.18 Å². The summed E-state index contributed by atoms with van der Waals surface area (Å²) in [5.41, 5.74) is 10.5. The summed E-state index contributed by atoms with van der Waals surface area (Å²) in [4.78, 5) is 0. The zero-order valence-corrected chi connectivity index (χ0v) is 37.3. The van der Waals surface area contributed by atoms with E-state index < -0.39 is 11.7 Å². The topological polar surface area (TPSA) is 57.4 Å². The first-order chi connectivity index (χ1) is 34.2. The minimum absolute atomic E-state index is 0.124. The summed E-state index contributed by atoms with van der Waals surface area (Å²) in [5, 5.41) is 24.7. The average Bonchev–Trinajstić information content (AvgIpc) is 3.92. The number of rotatable bonds is 7. The van der Waals surface area contributed by atoms with Crippen molar-refractivity contribution in [1.29, 1.82) is 10.5 Å². The van der Waals surface area contributed by atoms with Gasteiger partial charge >= 0.3 is 6.18 Å². The van der Waals surface area contributed by atoms with Gasteiger partial charge in [-0.2, -0.15) is 23.7 Å². The van der Waals surface area contributed by atoms with Crippen LogP contribution in [-0.2, 0) is 6.18 Å². The van der Waals surface area contributed by atoms with E-state index in [9.17, 15) is 10.5 Å². The Morgan fingerprint density at radius 3 is 0.957 bits per heavy atom. The lowest BCUT2D eigenvalue weighted by atomic mass is 9.92. The predicted octanol–water partition coefficient (Wildman–Crippen LogP) is 17.0. The van der Waals surface area contributed by atoms with Gasteiger partial charge in [0.05, 0.1) is 62.3 Å². The van der Waals surface area contributed by atoms with E-state index >= 15 is 13.2 Å². The van der Waals surface area contributed by atoms with Crippen LogP contribution in [0.15, 0.2) is 224 Å². The van der Waals surface area contributed by atoms with Crippen LogP contribution in [-0.4, -0.2) is 9.13 Å². The lowest BCUT2D eigenvalue weighted by molar-refractivity contribution is -0.137. The van der Waals surface area contributed by atoms with E-state index in [1.807, 2.05) is 137 Å². The van der Waals surface area contributed by atoms with E-state index in [0.29, 0.717) is 11.4 Å². The lowest BCUT2D eigenvalue weighted by Crippen LogP contribution is -2.11. The van der Waals surface area contributed by atoms with Crippen molar-refractivity contribution in [1.82, 2.24) is 9.13 Å². The number of alkyl halides is 3. The highest BCUT2D eigenvalue weighted by Gasteiger charge is 2.36. The highest BCUT2D eigenvalue weighted by Crippen LogP contribution is 2.48. The van der Waals surface area contributed by atoms with Crippen molar-refractivity contribution in [2.75, 3.05) is 0 Å². The molecule has 0 unspecified atom stereocenters. The maximum absolute atomic E-state index is 15.9. The maximum atomic E-state index is 15.9. The summed E-state index contributed by atoms with van der Waals surface area (Å²) in [6.45, 7) is 0. The Balaban J connectivity index is 1.29. The molecular weight excluding hydrogens is 870 g/mol. The third kappa shape index (κ3) is 7.08. The number of hydrogen-bond donors (Lipinski definition) is 0. The summed E-state index contributed by atoms with van der Waals surface area (Å²) in [5.74, 6) is 0. The van der Waals surface area contributed by atoms with Gasteiger partial charge in [-0.3, -0.25) is 0 Å². The minimum atomic E-state index is -4.88. The van der Waals surface area contributed by atoms with Gasteiger partial charge in [0.15, 0.2) is 0 Å². The normalized spacial score (nSPS) is 11.6. The summed E-state index contributed by atoms with van der Waals surface area (Å²) >= 11 is 0. The van der Waals surface area contributed by atoms with E-state index in [1.54, 1.807) is 12.1 Å². The summed E-state index contributed by atoms with van der Waals surface area (Å²) in [6, 6.07) is 76.3. The van der Waals surface area contributed by atoms with Crippen LogP contribution in [0.5, 0.6) is 0 Å². The number of fused-ring (bicyclic) bond motifs is 6. The standard InChI is InChI=1S/C63H37F3N4/c64-63(65,66)55-31-40(38-67)21-26-54(55)62-60(69-56-34-46(42-13-5-1-6-14-42)22-27-50(56)51-28-23-47(35-57(51)69)43-15-7-2-8-16-43)32-41(39-68)33-61(62)70-58-36-48(44-17-9-3-10-18-44)24-29-52(58)53-30-25-49(37-59(53)70)45-19-11-4-12-20-45/h1-37H. The molecule has 0 radical (unpaired) electrons. The average molecular weight is 907 g/mol. The second kappa shape index (κ2) is 16.7. The van der Waals surface area contributed by atoms with Gasteiger partial charge in [-0.15, -0.1) is 0 Å². The van der Waals surface area contributed by atoms with Gasteiger partial charge in [0.2, 0.25) is 0 Å². The second-order valence-electron chi connectivity index (χ2n) is 17.4. The molecule has 0 bridgehead atoms. The fraction of sp³-hybridized carbons (Fsp3) is 0.0159. The molecule has 2 aromatic heterocycles. The molecule has 330 valence electrons. The number of halogens is 3. The van der Waals surface area contributed by atoms with Crippen molar-refractivity contribution in [2.24, 2.45) is 0 Å². The van der Waals surface area contributed by atoms with E-state index in [-0.39, 0.29) is 22.3 Å². The highest BCUT2D eigenvalue weighted by atomic mass is 19.4. The van der Waals surface area contributed by atoms with Gasteiger partial charge in [-0.05, 0) is 98.6 Å². The molecule has 0 aliphatic heterocycles. The van der Waals surface area contributed by atoms with Crippen molar-refractivity contribution in [3.05, 3.63) is 241 Å². The highest BCUT2D eigenvalue weighted by molar-refractivity contribution is 6.14. The van der Waals surface area contributed by atoms with Crippen LogP contribution in [0.3, 0.4) is 0 Å². The molecule has 0 amide bonds. The molecule has 0 atom stereocenters. The van der Waals surface area contributed by atoms with Crippen LogP contribution in [0, 0.1) is 22.7 Å². The molecule has 2 heterocycles. The first-order valence-electron chi connectivity index (χ1n) is 22.8. The summed E-state index contributed by atoms with van der Waals surface area (Å²) in [6.07, 6.45) is -4.88. The molecule has 7 heteroatoms. The quantitative estimate of drug-likeness (QED) is 0.160. The molecular formula is C63H37F3N4. The van der Waals surface area contributed by atoms with Crippen LogP contribution >= 0.6 is 0 Å². The predicted molar refractivity (Wildman–Crippen MR) is 277 cm³/mol. The molecule has 12 aromatic rings. The zero-order valence-electron chi connectivity index (χ0n) is 37.3. The smallest absolute Gasteiger partial charge is 0.308 e. The molecule has 0 aliphatic rings. The van der Waals surface area contributed by atoms with Gasteiger partial charge in [-0.1, -0.05) is 176 Å². The van der Waals surface area contributed by atoms with Gasteiger partial charge in [0.1, 0.15) is 0 Å². The fourth-order valence-electron chi connectivity index (χ4n) is 10.2. The number of hydrogen-bond acceptors (Lipinski definition) is 2. The SMILES string of the molecule is N#Cc1cc(-n2c3cc(-c4ccccc4)ccc3c3ccc(-c4ccccc4)cc32)c(-c2ccc(C#N)cc2C(F)(F)F)c(-n2c3cc(-c4ccccc4)ccc3c3ccc(-c4ccccc4)cc32)c1. The first-order valence-corrected chi connectivity index (χ1v) is 22.8. The molecule has 12 rings (SSSR count). The monoisotopic (exact) mass is 906 g/mol. The Hall–Kier alpha value is -9.43. The van der Waals surface area contributed by atoms with Crippen LogP contribution in [0.2, 0.25) is 0 Å². The second-order valence-corrected chi connectivity index (χ2v) is 17.4. The van der Waals surface area contributed by atoms with Crippen molar-refractivity contribution in [3.8, 4) is 79.1 Å². The Morgan fingerprint density at radius 2 is 0.657 bits per heavy atom. The van der Waals surface area contributed by atoms with Crippen molar-refractivity contribution >= 4 is 43.6 Å². The maximum Gasteiger partial charge on any atom is 0.417 e. The number of nitrogens with zero attached hydrogens (tertiary/aromatic N) is 4. The van der Waals surface area contributed by atoms with Gasteiger partial charge in [-0.25, -0.2) is 0 Å². The third-order valence-electron chi connectivity index (χ3n) is 13.4. The fourth-order valence-corrected chi connectivity index (χ4v) is 10.2. The molecule has 0 fully saturated rings. The Morgan fingerprint density at radius 1 is 0.329 bits per heavy atom. The number of aromatic nitrogens is 2. The first kappa shape index (κ1) is 42.0. The Kier molecular flexibility index (Phi) is 10.0. The Labute approximate surface area is 401 Å². The van der Waals surface area contributed by atoms with Crippen LogP contribution in [0.1, 0.15) is 16.7 Å². The largest absolute Gasteiger partial charge is 0.417 e. The van der Waals surface area contributed by atoms with Gasteiger partial charge in [0.25, 0.3) is 0 Å². The summed E-state index contributed by atoms with van der Waals surface area (Å²) in [7, 11) is 0. The minimum Gasteiger partial charge on any atom is -0.308 e. The third-order valence-corrected chi connectivity index (χ3v) is 13.4. The number of nitriles is 2. The van der Waals surface area contributed by atoms with E-state index in [1.165, 1.54) is 12.1 Å². The molecule has 0 spiro atoms. The zero-order chi connectivity index (χ0) is 47.5. The van der Waals surface area contributed by atoms with E-state index in [4.69, 9.17) is 0 Å².